The highest BCUT2D eigenvalue weighted by Crippen LogP contribution is 2.13. The van der Waals surface area contributed by atoms with Crippen molar-refractivity contribution >= 4 is 0 Å². The molecule has 19 heavy (non-hydrogen) atoms. The van der Waals surface area contributed by atoms with Crippen LogP contribution in [0.1, 0.15) is 31.4 Å². The average molecular weight is 257 g/mol. The first-order valence-corrected chi connectivity index (χ1v) is 7.00. The molecule has 1 aromatic carbocycles. The summed E-state index contributed by atoms with van der Waals surface area (Å²) in [7, 11) is 0. The molecule has 0 radical (unpaired) electrons. The number of nitrogens with zero attached hydrogens (tertiary/aromatic N) is 2. The zero-order valence-corrected chi connectivity index (χ0v) is 12.1. The van der Waals surface area contributed by atoms with Crippen LogP contribution in [-0.2, 0) is 6.42 Å². The number of aryl methyl sites for hydroxylation is 2. The summed E-state index contributed by atoms with van der Waals surface area (Å²) < 4.78 is 1.97. The van der Waals surface area contributed by atoms with Crippen LogP contribution in [0.4, 0.5) is 0 Å². The van der Waals surface area contributed by atoms with Crippen LogP contribution in [0.2, 0.25) is 0 Å². The number of hydrogen-bond acceptors (Lipinski definition) is 2. The minimum absolute atomic E-state index is 0.565. The highest BCUT2D eigenvalue weighted by atomic mass is 15.3. The third kappa shape index (κ3) is 3.93. The zero-order valence-electron chi connectivity index (χ0n) is 12.1. The lowest BCUT2D eigenvalue weighted by atomic mass is 10.2. The maximum absolute atomic E-state index is 4.46. The lowest BCUT2D eigenvalue weighted by molar-refractivity contribution is 0.570. The van der Waals surface area contributed by atoms with Gasteiger partial charge in [-0.15, -0.1) is 0 Å². The number of aromatic nitrogens is 2. The van der Waals surface area contributed by atoms with Gasteiger partial charge in [0.1, 0.15) is 0 Å². The lowest BCUT2D eigenvalue weighted by Gasteiger charge is -2.06. The summed E-state index contributed by atoms with van der Waals surface area (Å²) in [6.45, 7) is 7.53. The Kier molecular flexibility index (Phi) is 4.74. The van der Waals surface area contributed by atoms with E-state index < -0.39 is 0 Å². The molecule has 2 rings (SSSR count). The Morgan fingerprint density at radius 2 is 2.05 bits per heavy atom. The molecule has 0 unspecified atom stereocenters. The van der Waals surface area contributed by atoms with Crippen molar-refractivity contribution in [2.24, 2.45) is 0 Å². The minimum Gasteiger partial charge on any atom is -0.315 e. The van der Waals surface area contributed by atoms with Crippen molar-refractivity contribution in [2.75, 3.05) is 6.54 Å². The molecule has 3 nitrogen and oxygen atoms in total. The number of rotatable bonds is 6. The summed E-state index contributed by atoms with van der Waals surface area (Å²) in [5.74, 6) is 0. The smallest absolute Gasteiger partial charge is 0.0674 e. The molecule has 0 fully saturated rings. The van der Waals surface area contributed by atoms with E-state index >= 15 is 0 Å². The Labute approximate surface area is 115 Å². The molecule has 0 amide bonds. The molecule has 0 spiro atoms. The van der Waals surface area contributed by atoms with Crippen molar-refractivity contribution in [3.8, 4) is 5.69 Å². The number of hydrogen-bond donors (Lipinski definition) is 1. The fraction of sp³-hybridized carbons (Fsp3) is 0.438. The molecule has 0 bridgehead atoms. The number of para-hydroxylation sites is 1. The molecule has 2 aromatic rings. The highest BCUT2D eigenvalue weighted by Gasteiger charge is 2.03. The van der Waals surface area contributed by atoms with E-state index in [9.17, 15) is 0 Å². The van der Waals surface area contributed by atoms with Gasteiger partial charge in [0.05, 0.1) is 11.9 Å². The predicted molar refractivity (Wildman–Crippen MR) is 79.8 cm³/mol. The van der Waals surface area contributed by atoms with Gasteiger partial charge in [0, 0.05) is 12.2 Å². The molecule has 0 aliphatic carbocycles. The van der Waals surface area contributed by atoms with E-state index in [1.54, 1.807) is 0 Å². The summed E-state index contributed by atoms with van der Waals surface area (Å²) in [6.07, 6.45) is 6.34. The summed E-state index contributed by atoms with van der Waals surface area (Å²) in [6, 6.07) is 8.89. The fourth-order valence-electron chi connectivity index (χ4n) is 2.12. The molecule has 0 saturated heterocycles. The Morgan fingerprint density at radius 1 is 1.26 bits per heavy atom. The predicted octanol–water partition coefficient (Wildman–Crippen LogP) is 3.11. The van der Waals surface area contributed by atoms with E-state index in [0.29, 0.717) is 6.04 Å². The van der Waals surface area contributed by atoms with Gasteiger partial charge in [-0.05, 0) is 43.5 Å². The molecular weight excluding hydrogens is 234 g/mol. The van der Waals surface area contributed by atoms with Crippen LogP contribution in [0, 0.1) is 6.92 Å². The quantitative estimate of drug-likeness (QED) is 0.806. The Hall–Kier alpha value is -1.61. The Balaban J connectivity index is 1.94. The zero-order chi connectivity index (χ0) is 13.7. The first-order chi connectivity index (χ1) is 9.16. The van der Waals surface area contributed by atoms with Crippen LogP contribution >= 0.6 is 0 Å². The number of benzene rings is 1. The largest absolute Gasteiger partial charge is 0.315 e. The maximum atomic E-state index is 4.46. The van der Waals surface area contributed by atoms with Crippen molar-refractivity contribution < 1.29 is 0 Å². The summed E-state index contributed by atoms with van der Waals surface area (Å²) in [4.78, 5) is 0. The van der Waals surface area contributed by atoms with E-state index in [1.165, 1.54) is 11.1 Å². The van der Waals surface area contributed by atoms with Crippen LogP contribution in [0.25, 0.3) is 5.69 Å². The molecule has 1 aromatic heterocycles. The third-order valence-corrected chi connectivity index (χ3v) is 3.19. The first-order valence-electron chi connectivity index (χ1n) is 7.00. The molecule has 1 heterocycles. The van der Waals surface area contributed by atoms with E-state index in [1.807, 2.05) is 10.9 Å². The normalized spacial score (nSPS) is 11.2. The Morgan fingerprint density at radius 3 is 2.79 bits per heavy atom. The summed E-state index contributed by atoms with van der Waals surface area (Å²) >= 11 is 0. The molecule has 3 heteroatoms. The molecule has 0 aliphatic heterocycles. The molecule has 0 atom stereocenters. The minimum atomic E-state index is 0.565. The van der Waals surface area contributed by atoms with E-state index in [0.717, 1.165) is 25.1 Å². The van der Waals surface area contributed by atoms with Crippen LogP contribution in [-0.4, -0.2) is 22.4 Å². The first kappa shape index (κ1) is 13.8. The maximum Gasteiger partial charge on any atom is 0.0674 e. The molecule has 0 saturated carbocycles. The van der Waals surface area contributed by atoms with Crippen LogP contribution in [0.15, 0.2) is 36.7 Å². The monoisotopic (exact) mass is 257 g/mol. The van der Waals surface area contributed by atoms with Gasteiger partial charge in [0.2, 0.25) is 0 Å². The molecule has 1 N–H and O–H groups in total. The van der Waals surface area contributed by atoms with Crippen molar-refractivity contribution in [3.05, 3.63) is 47.8 Å². The van der Waals surface area contributed by atoms with Crippen LogP contribution in [0.3, 0.4) is 0 Å². The standard InChI is InChI=1S/C16H23N3/c1-13(2)17-10-6-8-15-11-18-19(12-15)16-9-5-4-7-14(16)3/h4-5,7,9,11-13,17H,6,8,10H2,1-3H3. The third-order valence-electron chi connectivity index (χ3n) is 3.19. The molecular formula is C16H23N3. The second-order valence-electron chi connectivity index (χ2n) is 5.29. The van der Waals surface area contributed by atoms with Crippen molar-refractivity contribution in [2.45, 2.75) is 39.7 Å². The molecule has 102 valence electrons. The summed E-state index contributed by atoms with van der Waals surface area (Å²) in [5.41, 5.74) is 3.71. The topological polar surface area (TPSA) is 29.9 Å². The number of nitrogens with one attached hydrogen (secondary N) is 1. The fourth-order valence-corrected chi connectivity index (χ4v) is 2.12. The SMILES string of the molecule is Cc1ccccc1-n1cc(CCCNC(C)C)cn1. The van der Waals surface area contributed by atoms with Gasteiger partial charge in [-0.2, -0.15) is 5.10 Å². The second kappa shape index (κ2) is 6.53. The van der Waals surface area contributed by atoms with Gasteiger partial charge in [-0.1, -0.05) is 32.0 Å². The van der Waals surface area contributed by atoms with Gasteiger partial charge in [-0.25, -0.2) is 4.68 Å². The van der Waals surface area contributed by atoms with E-state index in [-0.39, 0.29) is 0 Å². The van der Waals surface area contributed by atoms with Crippen LogP contribution < -0.4 is 5.32 Å². The highest BCUT2D eigenvalue weighted by molar-refractivity contribution is 5.39. The van der Waals surface area contributed by atoms with Gasteiger partial charge in [0.25, 0.3) is 0 Å². The van der Waals surface area contributed by atoms with Gasteiger partial charge in [-0.3, -0.25) is 0 Å². The van der Waals surface area contributed by atoms with Crippen molar-refractivity contribution in [1.82, 2.24) is 15.1 Å². The van der Waals surface area contributed by atoms with Gasteiger partial charge >= 0.3 is 0 Å². The summed E-state index contributed by atoms with van der Waals surface area (Å²) in [5, 5.41) is 7.89. The average Bonchev–Trinajstić information content (AvgIpc) is 2.83. The van der Waals surface area contributed by atoms with Crippen molar-refractivity contribution in [3.63, 3.8) is 0 Å². The van der Waals surface area contributed by atoms with E-state index in [4.69, 9.17) is 0 Å². The second-order valence-corrected chi connectivity index (χ2v) is 5.29. The van der Waals surface area contributed by atoms with Crippen LogP contribution in [0.5, 0.6) is 0 Å². The van der Waals surface area contributed by atoms with Gasteiger partial charge in [0.15, 0.2) is 0 Å². The lowest BCUT2D eigenvalue weighted by Crippen LogP contribution is -2.23. The molecule has 0 aliphatic rings. The van der Waals surface area contributed by atoms with Crippen molar-refractivity contribution in [1.29, 1.82) is 0 Å². The van der Waals surface area contributed by atoms with E-state index in [2.05, 4.69) is 61.6 Å². The Bertz CT molecular complexity index is 514. The van der Waals surface area contributed by atoms with Gasteiger partial charge < -0.3 is 5.32 Å².